The van der Waals surface area contributed by atoms with E-state index in [1.165, 1.54) is 32.1 Å². The maximum atomic E-state index is 4.47. The standard InChI is InChI=1S/C15H28N4/c1-4-16-14(13-8-6-5-7-9-13)10-15-17-11-18-19(15)12(2)3/h11-14,16H,4-10H2,1-3H3. The molecule has 0 bridgehead atoms. The van der Waals surface area contributed by atoms with E-state index in [0.29, 0.717) is 12.1 Å². The smallest absolute Gasteiger partial charge is 0.138 e. The summed E-state index contributed by atoms with van der Waals surface area (Å²) in [5.41, 5.74) is 0. The largest absolute Gasteiger partial charge is 0.314 e. The van der Waals surface area contributed by atoms with Crippen LogP contribution in [-0.4, -0.2) is 27.4 Å². The van der Waals surface area contributed by atoms with Crippen LogP contribution in [0.2, 0.25) is 0 Å². The highest BCUT2D eigenvalue weighted by molar-refractivity contribution is 4.94. The predicted octanol–water partition coefficient (Wildman–Crippen LogP) is 2.96. The van der Waals surface area contributed by atoms with Gasteiger partial charge in [-0.15, -0.1) is 0 Å². The van der Waals surface area contributed by atoms with E-state index < -0.39 is 0 Å². The third-order valence-corrected chi connectivity index (χ3v) is 4.22. The summed E-state index contributed by atoms with van der Waals surface area (Å²) in [4.78, 5) is 4.47. The number of nitrogens with one attached hydrogen (secondary N) is 1. The van der Waals surface area contributed by atoms with Gasteiger partial charge in [0.25, 0.3) is 0 Å². The molecule has 0 aliphatic heterocycles. The Balaban J connectivity index is 2.04. The first-order valence-corrected chi connectivity index (χ1v) is 7.84. The molecule has 0 aromatic carbocycles. The maximum absolute atomic E-state index is 4.47. The molecule has 1 atom stereocenters. The minimum atomic E-state index is 0.395. The van der Waals surface area contributed by atoms with Gasteiger partial charge in [-0.05, 0) is 39.2 Å². The normalized spacial score (nSPS) is 18.9. The van der Waals surface area contributed by atoms with Crippen LogP contribution in [0.25, 0.3) is 0 Å². The minimum Gasteiger partial charge on any atom is -0.314 e. The van der Waals surface area contributed by atoms with Crippen LogP contribution < -0.4 is 5.32 Å². The van der Waals surface area contributed by atoms with Gasteiger partial charge in [0.05, 0.1) is 0 Å². The lowest BCUT2D eigenvalue weighted by molar-refractivity contribution is 0.264. The van der Waals surface area contributed by atoms with E-state index in [4.69, 9.17) is 0 Å². The Morgan fingerprint density at radius 1 is 1.32 bits per heavy atom. The summed E-state index contributed by atoms with van der Waals surface area (Å²) in [5, 5.41) is 8.03. The highest BCUT2D eigenvalue weighted by Crippen LogP contribution is 2.28. The summed E-state index contributed by atoms with van der Waals surface area (Å²) in [6, 6.07) is 0.957. The van der Waals surface area contributed by atoms with E-state index >= 15 is 0 Å². The first-order valence-electron chi connectivity index (χ1n) is 7.84. The molecule has 1 aromatic rings. The zero-order chi connectivity index (χ0) is 13.7. The van der Waals surface area contributed by atoms with Gasteiger partial charge in [-0.2, -0.15) is 5.10 Å². The van der Waals surface area contributed by atoms with Crippen molar-refractivity contribution in [3.8, 4) is 0 Å². The molecular weight excluding hydrogens is 236 g/mol. The summed E-state index contributed by atoms with van der Waals surface area (Å²) in [6.45, 7) is 7.57. The molecule has 4 nitrogen and oxygen atoms in total. The molecule has 1 saturated carbocycles. The lowest BCUT2D eigenvalue weighted by Gasteiger charge is -2.31. The maximum Gasteiger partial charge on any atom is 0.138 e. The van der Waals surface area contributed by atoms with Crippen molar-refractivity contribution in [2.24, 2.45) is 5.92 Å². The number of hydrogen-bond donors (Lipinski definition) is 1. The molecule has 1 aromatic heterocycles. The van der Waals surface area contributed by atoms with Gasteiger partial charge in [-0.3, -0.25) is 0 Å². The first kappa shape index (κ1) is 14.5. The van der Waals surface area contributed by atoms with E-state index in [2.05, 4.69) is 40.9 Å². The van der Waals surface area contributed by atoms with Gasteiger partial charge in [-0.1, -0.05) is 26.2 Å². The van der Waals surface area contributed by atoms with Crippen molar-refractivity contribution in [1.82, 2.24) is 20.1 Å². The third-order valence-electron chi connectivity index (χ3n) is 4.22. The number of aromatic nitrogens is 3. The molecule has 0 spiro atoms. The van der Waals surface area contributed by atoms with Gasteiger partial charge in [0.15, 0.2) is 0 Å². The van der Waals surface area contributed by atoms with Crippen molar-refractivity contribution in [1.29, 1.82) is 0 Å². The van der Waals surface area contributed by atoms with Crippen molar-refractivity contribution in [2.45, 2.75) is 71.4 Å². The lowest BCUT2D eigenvalue weighted by Crippen LogP contribution is -2.39. The van der Waals surface area contributed by atoms with Gasteiger partial charge < -0.3 is 5.32 Å². The molecule has 1 N–H and O–H groups in total. The second kappa shape index (κ2) is 7.04. The van der Waals surface area contributed by atoms with Crippen molar-refractivity contribution >= 4 is 0 Å². The summed E-state index contributed by atoms with van der Waals surface area (Å²) >= 11 is 0. The van der Waals surface area contributed by atoms with Crippen LogP contribution in [0.3, 0.4) is 0 Å². The van der Waals surface area contributed by atoms with Crippen LogP contribution in [0, 0.1) is 5.92 Å². The summed E-state index contributed by atoms with van der Waals surface area (Å²) < 4.78 is 2.06. The van der Waals surface area contributed by atoms with Crippen LogP contribution >= 0.6 is 0 Å². The predicted molar refractivity (Wildman–Crippen MR) is 78.2 cm³/mol. The van der Waals surface area contributed by atoms with Gasteiger partial charge in [0.2, 0.25) is 0 Å². The molecule has 1 aliphatic carbocycles. The number of nitrogens with zero attached hydrogens (tertiary/aromatic N) is 3. The fraction of sp³-hybridized carbons (Fsp3) is 0.867. The number of rotatable bonds is 6. The summed E-state index contributed by atoms with van der Waals surface area (Å²) in [5.74, 6) is 1.94. The highest BCUT2D eigenvalue weighted by Gasteiger charge is 2.25. The molecule has 1 unspecified atom stereocenters. The van der Waals surface area contributed by atoms with Crippen molar-refractivity contribution in [3.63, 3.8) is 0 Å². The fourth-order valence-corrected chi connectivity index (χ4v) is 3.25. The average Bonchev–Trinajstić information content (AvgIpc) is 2.88. The second-order valence-corrected chi connectivity index (χ2v) is 5.98. The van der Waals surface area contributed by atoms with E-state index in [1.54, 1.807) is 6.33 Å². The molecule has 108 valence electrons. The van der Waals surface area contributed by atoms with Crippen molar-refractivity contribution in [3.05, 3.63) is 12.2 Å². The SMILES string of the molecule is CCNC(Cc1ncnn1C(C)C)C1CCCCC1. The minimum absolute atomic E-state index is 0.395. The molecule has 0 radical (unpaired) electrons. The van der Waals surface area contributed by atoms with Crippen LogP contribution in [-0.2, 0) is 6.42 Å². The first-order chi connectivity index (χ1) is 9.22. The van der Waals surface area contributed by atoms with Crippen LogP contribution in [0.4, 0.5) is 0 Å². The molecular formula is C15H28N4. The second-order valence-electron chi connectivity index (χ2n) is 5.98. The number of likely N-dealkylation sites (N-methyl/N-ethyl adjacent to an activating group) is 1. The Morgan fingerprint density at radius 2 is 2.05 bits per heavy atom. The highest BCUT2D eigenvalue weighted by atomic mass is 15.3. The zero-order valence-corrected chi connectivity index (χ0v) is 12.6. The Kier molecular flexibility index (Phi) is 5.37. The molecule has 0 amide bonds. The Labute approximate surface area is 117 Å². The van der Waals surface area contributed by atoms with E-state index in [9.17, 15) is 0 Å². The molecule has 1 fully saturated rings. The lowest BCUT2D eigenvalue weighted by atomic mass is 9.82. The monoisotopic (exact) mass is 264 g/mol. The quantitative estimate of drug-likeness (QED) is 0.859. The molecule has 0 saturated heterocycles. The molecule has 19 heavy (non-hydrogen) atoms. The van der Waals surface area contributed by atoms with Gasteiger partial charge in [0, 0.05) is 18.5 Å². The van der Waals surface area contributed by atoms with E-state index in [-0.39, 0.29) is 0 Å². The Hall–Kier alpha value is -0.900. The fourth-order valence-electron chi connectivity index (χ4n) is 3.25. The van der Waals surface area contributed by atoms with E-state index in [0.717, 1.165) is 24.7 Å². The topological polar surface area (TPSA) is 42.7 Å². The van der Waals surface area contributed by atoms with Crippen LogP contribution in [0.15, 0.2) is 6.33 Å². The van der Waals surface area contributed by atoms with Gasteiger partial charge >= 0.3 is 0 Å². The number of hydrogen-bond acceptors (Lipinski definition) is 3. The summed E-state index contributed by atoms with van der Waals surface area (Å²) in [6.07, 6.45) is 9.64. The van der Waals surface area contributed by atoms with Crippen molar-refractivity contribution < 1.29 is 0 Å². The molecule has 4 heteroatoms. The Morgan fingerprint density at radius 3 is 2.68 bits per heavy atom. The Bertz CT molecular complexity index is 366. The molecule has 1 aliphatic rings. The van der Waals surface area contributed by atoms with Gasteiger partial charge in [0.1, 0.15) is 12.2 Å². The average molecular weight is 264 g/mol. The molecule has 2 rings (SSSR count). The van der Waals surface area contributed by atoms with Gasteiger partial charge in [-0.25, -0.2) is 9.67 Å². The zero-order valence-electron chi connectivity index (χ0n) is 12.6. The van der Waals surface area contributed by atoms with Crippen molar-refractivity contribution in [2.75, 3.05) is 6.54 Å². The molecule has 1 heterocycles. The van der Waals surface area contributed by atoms with Crippen LogP contribution in [0.1, 0.15) is 64.7 Å². The van der Waals surface area contributed by atoms with E-state index in [1.807, 2.05) is 0 Å². The third kappa shape index (κ3) is 3.78. The van der Waals surface area contributed by atoms with Crippen LogP contribution in [0.5, 0.6) is 0 Å². The summed E-state index contributed by atoms with van der Waals surface area (Å²) in [7, 11) is 0.